The molecule has 3 amide bonds. The van der Waals surface area contributed by atoms with Gasteiger partial charge in [-0.1, -0.05) is 0 Å². The van der Waals surface area contributed by atoms with Crippen molar-refractivity contribution < 1.29 is 34.2 Å². The molecule has 0 fully saturated rings. The molecule has 0 aliphatic rings. The van der Waals surface area contributed by atoms with Crippen molar-refractivity contribution in [1.82, 2.24) is 16.0 Å². The van der Waals surface area contributed by atoms with Crippen LogP contribution in [-0.4, -0.2) is 88.6 Å². The van der Waals surface area contributed by atoms with E-state index < -0.39 is 53.8 Å². The highest BCUT2D eigenvalue weighted by Gasteiger charge is 2.28. The second-order valence-corrected chi connectivity index (χ2v) is 8.45. The molecular formula is C19H35N7O7S. The molecule has 14 nitrogen and oxygen atoms in total. The van der Waals surface area contributed by atoms with Gasteiger partial charge < -0.3 is 43.4 Å². The Morgan fingerprint density at radius 2 is 1.53 bits per heavy atom. The minimum Gasteiger partial charge on any atom is -0.481 e. The number of guanidine groups is 1. The average molecular weight is 506 g/mol. The van der Waals surface area contributed by atoms with E-state index in [2.05, 4.69) is 20.9 Å². The Hall–Kier alpha value is -3.07. The molecule has 11 N–H and O–H groups in total. The molecule has 0 aliphatic carbocycles. The molecule has 0 saturated carbocycles. The first-order valence-electron chi connectivity index (χ1n) is 10.5. The van der Waals surface area contributed by atoms with Crippen LogP contribution in [-0.2, 0) is 24.0 Å². The fraction of sp³-hybridized carbons (Fsp3) is 0.684. The highest BCUT2D eigenvalue weighted by molar-refractivity contribution is 7.98. The van der Waals surface area contributed by atoms with E-state index in [1.54, 1.807) is 6.26 Å². The number of nitrogens with zero attached hydrogens (tertiary/aromatic N) is 1. The number of aliphatic imine (C=N–C) groups is 1. The van der Waals surface area contributed by atoms with Gasteiger partial charge in [0, 0.05) is 13.0 Å². The van der Waals surface area contributed by atoms with Gasteiger partial charge in [0.15, 0.2) is 5.96 Å². The molecule has 0 bridgehead atoms. The average Bonchev–Trinajstić information content (AvgIpc) is 2.75. The van der Waals surface area contributed by atoms with Gasteiger partial charge in [0.2, 0.25) is 17.7 Å². The van der Waals surface area contributed by atoms with Crippen LogP contribution < -0.4 is 33.2 Å². The molecule has 0 aromatic carbocycles. The maximum Gasteiger partial charge on any atom is 0.326 e. The summed E-state index contributed by atoms with van der Waals surface area (Å²) in [7, 11) is 0. The van der Waals surface area contributed by atoms with Crippen LogP contribution in [0, 0.1) is 0 Å². The van der Waals surface area contributed by atoms with Gasteiger partial charge >= 0.3 is 11.9 Å². The molecule has 0 saturated heterocycles. The minimum absolute atomic E-state index is 0.0970. The molecule has 4 atom stereocenters. The lowest BCUT2D eigenvalue weighted by Gasteiger charge is -2.23. The summed E-state index contributed by atoms with van der Waals surface area (Å²) < 4.78 is 0. The van der Waals surface area contributed by atoms with Gasteiger partial charge in [-0.2, -0.15) is 11.8 Å². The number of carbonyl (C=O) groups excluding carboxylic acids is 3. The fourth-order valence-corrected chi connectivity index (χ4v) is 3.10. The van der Waals surface area contributed by atoms with Crippen molar-refractivity contribution in [2.75, 3.05) is 18.6 Å². The summed E-state index contributed by atoms with van der Waals surface area (Å²) in [6.45, 7) is 1.55. The summed E-state index contributed by atoms with van der Waals surface area (Å²) in [6, 6.07) is -4.47. The first kappa shape index (κ1) is 30.9. The lowest BCUT2D eigenvalue weighted by molar-refractivity contribution is -0.142. The van der Waals surface area contributed by atoms with Crippen molar-refractivity contribution in [2.45, 2.75) is 63.2 Å². The van der Waals surface area contributed by atoms with E-state index in [-0.39, 0.29) is 38.2 Å². The Morgan fingerprint density at radius 3 is 2.06 bits per heavy atom. The number of hydrogen-bond donors (Lipinski definition) is 8. The maximum atomic E-state index is 12.8. The number of carboxylic acid groups (broad SMARTS) is 2. The highest BCUT2D eigenvalue weighted by atomic mass is 32.2. The molecule has 4 unspecified atom stereocenters. The molecule has 34 heavy (non-hydrogen) atoms. The van der Waals surface area contributed by atoms with Crippen molar-refractivity contribution in [3.63, 3.8) is 0 Å². The topological polar surface area (TPSA) is 252 Å². The summed E-state index contributed by atoms with van der Waals surface area (Å²) in [4.78, 5) is 63.3. The molecule has 0 heterocycles. The van der Waals surface area contributed by atoms with Crippen LogP contribution in [0.2, 0.25) is 0 Å². The number of hydrogen-bond acceptors (Lipinski definition) is 8. The Kier molecular flexibility index (Phi) is 15.0. The van der Waals surface area contributed by atoms with Crippen LogP contribution in [0.4, 0.5) is 0 Å². The predicted molar refractivity (Wildman–Crippen MR) is 127 cm³/mol. The number of thioether (sulfide) groups is 1. The standard InChI is InChI=1S/C19H35N7O7S/c1-10(15(29)26-13(18(32)33)7-9-34-2)24-17(31)12(4-3-8-23-19(21)22)25-16(30)11(20)5-6-14(27)28/h10-13H,3-9,20H2,1-2H3,(H,24,31)(H,25,30)(H,26,29)(H,27,28)(H,32,33)(H4,21,22,23). The summed E-state index contributed by atoms with van der Waals surface area (Å²) in [5, 5.41) is 25.3. The zero-order chi connectivity index (χ0) is 26.3. The minimum atomic E-state index is -1.19. The van der Waals surface area contributed by atoms with Crippen molar-refractivity contribution in [3.8, 4) is 0 Å². The van der Waals surface area contributed by atoms with E-state index >= 15 is 0 Å². The number of carbonyl (C=O) groups is 5. The number of rotatable bonds is 17. The van der Waals surface area contributed by atoms with E-state index in [1.165, 1.54) is 18.7 Å². The fourth-order valence-electron chi connectivity index (χ4n) is 2.63. The van der Waals surface area contributed by atoms with Crippen molar-refractivity contribution in [3.05, 3.63) is 0 Å². The third kappa shape index (κ3) is 13.5. The zero-order valence-corrected chi connectivity index (χ0v) is 20.1. The lowest BCUT2D eigenvalue weighted by atomic mass is 10.1. The molecule has 0 spiro atoms. The summed E-state index contributed by atoms with van der Waals surface area (Å²) in [5.41, 5.74) is 16.2. The number of carboxylic acids is 2. The number of nitrogens with one attached hydrogen (secondary N) is 3. The van der Waals surface area contributed by atoms with Gasteiger partial charge in [-0.05, 0) is 44.6 Å². The summed E-state index contributed by atoms with van der Waals surface area (Å²) in [5.74, 6) is -4.08. The van der Waals surface area contributed by atoms with Crippen LogP contribution in [0.25, 0.3) is 0 Å². The quantitative estimate of drug-likeness (QED) is 0.0584. The first-order chi connectivity index (χ1) is 15.9. The highest BCUT2D eigenvalue weighted by Crippen LogP contribution is 2.04. The molecule has 0 aromatic heterocycles. The van der Waals surface area contributed by atoms with E-state index in [1.807, 2.05) is 0 Å². The Labute approximate surface area is 201 Å². The smallest absolute Gasteiger partial charge is 0.326 e. The van der Waals surface area contributed by atoms with Crippen LogP contribution in [0.5, 0.6) is 0 Å². The molecule has 0 radical (unpaired) electrons. The Morgan fingerprint density at radius 1 is 0.912 bits per heavy atom. The van der Waals surface area contributed by atoms with Crippen molar-refractivity contribution in [1.29, 1.82) is 0 Å². The van der Waals surface area contributed by atoms with E-state index in [9.17, 15) is 29.1 Å². The summed E-state index contributed by atoms with van der Waals surface area (Å²) >= 11 is 1.43. The van der Waals surface area contributed by atoms with Crippen molar-refractivity contribution >= 4 is 47.4 Å². The lowest BCUT2D eigenvalue weighted by Crippen LogP contribution is -2.56. The molecule has 0 aliphatic heterocycles. The van der Waals surface area contributed by atoms with Gasteiger partial charge in [0.1, 0.15) is 18.1 Å². The van der Waals surface area contributed by atoms with Gasteiger partial charge in [-0.25, -0.2) is 4.79 Å². The Balaban J connectivity index is 5.16. The molecule has 0 rings (SSSR count). The molecule has 15 heteroatoms. The largest absolute Gasteiger partial charge is 0.481 e. The summed E-state index contributed by atoms with van der Waals surface area (Å²) in [6.07, 6.45) is 1.96. The third-order valence-electron chi connectivity index (χ3n) is 4.56. The molecule has 0 aromatic rings. The number of nitrogens with two attached hydrogens (primary N) is 3. The monoisotopic (exact) mass is 505 g/mol. The SMILES string of the molecule is CSCCC(NC(=O)C(C)NC(=O)C(CCCN=C(N)N)NC(=O)C(N)CCC(=O)O)C(=O)O. The van der Waals surface area contributed by atoms with Gasteiger partial charge in [0.25, 0.3) is 0 Å². The second kappa shape index (κ2) is 16.5. The maximum absolute atomic E-state index is 12.8. The van der Waals surface area contributed by atoms with E-state index in [0.717, 1.165) is 0 Å². The van der Waals surface area contributed by atoms with Gasteiger partial charge in [-0.3, -0.25) is 24.2 Å². The molecule has 194 valence electrons. The van der Waals surface area contributed by atoms with Gasteiger partial charge in [0.05, 0.1) is 6.04 Å². The predicted octanol–water partition coefficient (Wildman–Crippen LogP) is -2.46. The second-order valence-electron chi connectivity index (χ2n) is 7.46. The first-order valence-corrected chi connectivity index (χ1v) is 11.9. The van der Waals surface area contributed by atoms with Crippen molar-refractivity contribution in [2.24, 2.45) is 22.2 Å². The van der Waals surface area contributed by atoms with Crippen LogP contribution in [0.3, 0.4) is 0 Å². The van der Waals surface area contributed by atoms with Gasteiger partial charge in [-0.15, -0.1) is 0 Å². The number of amides is 3. The molecular weight excluding hydrogens is 470 g/mol. The number of aliphatic carboxylic acids is 2. The van der Waals surface area contributed by atoms with Crippen LogP contribution in [0.1, 0.15) is 39.0 Å². The van der Waals surface area contributed by atoms with Crippen LogP contribution in [0.15, 0.2) is 4.99 Å². The van der Waals surface area contributed by atoms with E-state index in [0.29, 0.717) is 12.2 Å². The normalized spacial score (nSPS) is 14.1. The zero-order valence-electron chi connectivity index (χ0n) is 19.3. The third-order valence-corrected chi connectivity index (χ3v) is 5.21. The van der Waals surface area contributed by atoms with Crippen LogP contribution >= 0.6 is 11.8 Å². The Bertz CT molecular complexity index is 747. The van der Waals surface area contributed by atoms with E-state index in [4.69, 9.17) is 22.3 Å².